The highest BCUT2D eigenvalue weighted by atomic mass is 127. The number of hydrogen-bond acceptors (Lipinski definition) is 3. The van der Waals surface area contributed by atoms with Gasteiger partial charge in [-0.2, -0.15) is 0 Å². The first-order valence-corrected chi connectivity index (χ1v) is 9.45. The number of anilines is 1. The number of pyridine rings is 1. The summed E-state index contributed by atoms with van der Waals surface area (Å²) >= 11 is 0. The van der Waals surface area contributed by atoms with E-state index in [4.69, 9.17) is 4.99 Å². The van der Waals surface area contributed by atoms with Gasteiger partial charge in [0, 0.05) is 32.4 Å². The van der Waals surface area contributed by atoms with Gasteiger partial charge in [-0.1, -0.05) is 19.4 Å². The third kappa shape index (κ3) is 7.79. The van der Waals surface area contributed by atoms with Gasteiger partial charge in [0.2, 0.25) is 0 Å². The zero-order valence-electron chi connectivity index (χ0n) is 15.7. The molecule has 0 spiro atoms. The standard InChI is InChI=1S/C19H33N5.HI/c1-3-19(11-9-12-19)16-24-18(20-4-2)23-15-8-7-14-22-17-10-5-6-13-21-17;/h5-6,10,13H,3-4,7-9,11-12,14-16H2,1-2H3,(H,21,22)(H2,20,23,24);1H. The number of halogens is 1. The third-order valence-electron chi connectivity index (χ3n) is 4.95. The van der Waals surface area contributed by atoms with Crippen LogP contribution in [0.3, 0.4) is 0 Å². The van der Waals surface area contributed by atoms with Crippen LogP contribution >= 0.6 is 24.0 Å². The average Bonchev–Trinajstić information content (AvgIpc) is 2.58. The van der Waals surface area contributed by atoms with Crippen LogP contribution in [0, 0.1) is 5.41 Å². The van der Waals surface area contributed by atoms with E-state index in [1.54, 1.807) is 0 Å². The average molecular weight is 459 g/mol. The lowest BCUT2D eigenvalue weighted by molar-refractivity contribution is 0.139. The molecule has 0 saturated heterocycles. The van der Waals surface area contributed by atoms with Crippen molar-refractivity contribution in [3.8, 4) is 0 Å². The van der Waals surface area contributed by atoms with Crippen LogP contribution in [0.4, 0.5) is 5.82 Å². The van der Waals surface area contributed by atoms with E-state index in [2.05, 4.69) is 34.8 Å². The van der Waals surface area contributed by atoms with Crippen molar-refractivity contribution in [2.45, 2.75) is 52.4 Å². The predicted molar refractivity (Wildman–Crippen MR) is 118 cm³/mol. The second-order valence-electron chi connectivity index (χ2n) is 6.68. The Labute approximate surface area is 169 Å². The summed E-state index contributed by atoms with van der Waals surface area (Å²) in [6.45, 7) is 8.18. The van der Waals surface area contributed by atoms with Gasteiger partial charge in [0.1, 0.15) is 5.82 Å². The summed E-state index contributed by atoms with van der Waals surface area (Å²) in [5, 5.41) is 10.2. The highest BCUT2D eigenvalue weighted by molar-refractivity contribution is 14.0. The summed E-state index contributed by atoms with van der Waals surface area (Å²) in [5.74, 6) is 1.92. The smallest absolute Gasteiger partial charge is 0.191 e. The summed E-state index contributed by atoms with van der Waals surface area (Å²) in [7, 11) is 0. The molecule has 2 rings (SSSR count). The number of guanidine groups is 1. The van der Waals surface area contributed by atoms with E-state index >= 15 is 0 Å². The molecule has 1 fully saturated rings. The summed E-state index contributed by atoms with van der Waals surface area (Å²) in [4.78, 5) is 9.07. The van der Waals surface area contributed by atoms with E-state index in [0.29, 0.717) is 5.41 Å². The Bertz CT molecular complexity index is 482. The monoisotopic (exact) mass is 459 g/mol. The quantitative estimate of drug-likeness (QED) is 0.214. The summed E-state index contributed by atoms with van der Waals surface area (Å²) in [6.07, 6.45) is 9.34. The second-order valence-corrected chi connectivity index (χ2v) is 6.68. The Hall–Kier alpha value is -1.05. The van der Waals surface area contributed by atoms with Crippen molar-refractivity contribution in [3.05, 3.63) is 24.4 Å². The maximum absolute atomic E-state index is 4.81. The van der Waals surface area contributed by atoms with Gasteiger partial charge in [-0.25, -0.2) is 4.98 Å². The van der Waals surface area contributed by atoms with Crippen LogP contribution < -0.4 is 16.0 Å². The molecule has 6 heteroatoms. The molecular weight excluding hydrogens is 425 g/mol. The highest BCUT2D eigenvalue weighted by Crippen LogP contribution is 2.43. The van der Waals surface area contributed by atoms with Crippen LogP contribution in [0.2, 0.25) is 0 Å². The molecule has 1 heterocycles. The molecule has 0 atom stereocenters. The van der Waals surface area contributed by atoms with Gasteiger partial charge < -0.3 is 16.0 Å². The van der Waals surface area contributed by atoms with Crippen molar-refractivity contribution in [1.82, 2.24) is 15.6 Å². The van der Waals surface area contributed by atoms with Crippen LogP contribution in [0.15, 0.2) is 29.4 Å². The fourth-order valence-electron chi connectivity index (χ4n) is 3.03. The molecule has 142 valence electrons. The Kier molecular flexibility index (Phi) is 10.8. The lowest BCUT2D eigenvalue weighted by atomic mass is 9.67. The number of nitrogens with zero attached hydrogens (tertiary/aromatic N) is 2. The van der Waals surface area contributed by atoms with Crippen molar-refractivity contribution >= 4 is 35.8 Å². The predicted octanol–water partition coefficient (Wildman–Crippen LogP) is 4.03. The Morgan fingerprint density at radius 3 is 2.56 bits per heavy atom. The first-order chi connectivity index (χ1) is 11.8. The Morgan fingerprint density at radius 1 is 1.16 bits per heavy atom. The Balaban J connectivity index is 0.00000312. The summed E-state index contributed by atoms with van der Waals surface area (Å²) < 4.78 is 0. The molecule has 0 unspecified atom stereocenters. The molecule has 1 saturated carbocycles. The molecule has 0 aliphatic heterocycles. The minimum atomic E-state index is 0. The topological polar surface area (TPSA) is 61.3 Å². The van der Waals surface area contributed by atoms with E-state index in [0.717, 1.165) is 50.8 Å². The van der Waals surface area contributed by atoms with Gasteiger partial charge in [-0.15, -0.1) is 24.0 Å². The van der Waals surface area contributed by atoms with Crippen LogP contribution in [-0.2, 0) is 0 Å². The SMILES string of the molecule is CCNC(=NCC1(CC)CCC1)NCCCCNc1ccccn1.I. The lowest BCUT2D eigenvalue weighted by Gasteiger charge is -2.40. The van der Waals surface area contributed by atoms with E-state index in [-0.39, 0.29) is 24.0 Å². The van der Waals surface area contributed by atoms with E-state index in [9.17, 15) is 0 Å². The largest absolute Gasteiger partial charge is 0.370 e. The molecule has 0 amide bonds. The maximum atomic E-state index is 4.81. The first kappa shape index (κ1) is 22.0. The first-order valence-electron chi connectivity index (χ1n) is 9.45. The fourth-order valence-corrected chi connectivity index (χ4v) is 3.03. The summed E-state index contributed by atoms with van der Waals surface area (Å²) in [5.41, 5.74) is 0.481. The van der Waals surface area contributed by atoms with Crippen LogP contribution in [-0.4, -0.2) is 37.1 Å². The molecule has 0 bridgehead atoms. The molecule has 25 heavy (non-hydrogen) atoms. The summed E-state index contributed by atoms with van der Waals surface area (Å²) in [6, 6.07) is 5.93. The fraction of sp³-hybridized carbons (Fsp3) is 0.684. The molecule has 0 radical (unpaired) electrons. The molecule has 3 N–H and O–H groups in total. The zero-order chi connectivity index (χ0) is 17.1. The molecular formula is C19H34IN5. The van der Waals surface area contributed by atoms with Gasteiger partial charge >= 0.3 is 0 Å². The molecule has 0 aromatic carbocycles. The molecule has 5 nitrogen and oxygen atoms in total. The van der Waals surface area contributed by atoms with Crippen molar-refractivity contribution in [1.29, 1.82) is 0 Å². The number of rotatable bonds is 10. The van der Waals surface area contributed by atoms with E-state index in [1.807, 2.05) is 24.4 Å². The van der Waals surface area contributed by atoms with Crippen LogP contribution in [0.5, 0.6) is 0 Å². The maximum Gasteiger partial charge on any atom is 0.191 e. The van der Waals surface area contributed by atoms with Gasteiger partial charge in [0.05, 0.1) is 0 Å². The molecule has 1 aliphatic carbocycles. The minimum Gasteiger partial charge on any atom is -0.370 e. The lowest BCUT2D eigenvalue weighted by Crippen LogP contribution is -2.40. The number of aromatic nitrogens is 1. The Morgan fingerprint density at radius 2 is 1.96 bits per heavy atom. The molecule has 1 aromatic rings. The third-order valence-corrected chi connectivity index (χ3v) is 4.95. The highest BCUT2D eigenvalue weighted by Gasteiger charge is 2.34. The van der Waals surface area contributed by atoms with E-state index < -0.39 is 0 Å². The number of nitrogens with one attached hydrogen (secondary N) is 3. The van der Waals surface area contributed by atoms with Crippen molar-refractivity contribution in [2.75, 3.05) is 31.5 Å². The van der Waals surface area contributed by atoms with Gasteiger partial charge in [-0.3, -0.25) is 4.99 Å². The van der Waals surface area contributed by atoms with Crippen molar-refractivity contribution < 1.29 is 0 Å². The van der Waals surface area contributed by atoms with Gasteiger partial charge in [0.25, 0.3) is 0 Å². The minimum absolute atomic E-state index is 0. The van der Waals surface area contributed by atoms with Crippen molar-refractivity contribution in [3.63, 3.8) is 0 Å². The molecule has 1 aromatic heterocycles. The van der Waals surface area contributed by atoms with Crippen LogP contribution in [0.25, 0.3) is 0 Å². The van der Waals surface area contributed by atoms with Gasteiger partial charge in [-0.05, 0) is 56.6 Å². The molecule has 1 aliphatic rings. The second kappa shape index (κ2) is 12.3. The van der Waals surface area contributed by atoms with Gasteiger partial charge in [0.15, 0.2) is 5.96 Å². The normalized spacial score (nSPS) is 15.7. The van der Waals surface area contributed by atoms with E-state index in [1.165, 1.54) is 25.7 Å². The van der Waals surface area contributed by atoms with Crippen LogP contribution in [0.1, 0.15) is 52.4 Å². The van der Waals surface area contributed by atoms with Crippen molar-refractivity contribution in [2.24, 2.45) is 10.4 Å². The number of hydrogen-bond donors (Lipinski definition) is 3. The number of aliphatic imine (C=N–C) groups is 1. The number of unbranched alkanes of at least 4 members (excludes halogenated alkanes) is 1. The zero-order valence-corrected chi connectivity index (χ0v) is 18.0.